The zero-order valence-electron chi connectivity index (χ0n) is 10.7. The topological polar surface area (TPSA) is 87.7 Å². The zero-order chi connectivity index (χ0) is 15.4. The van der Waals surface area contributed by atoms with Gasteiger partial charge in [-0.1, -0.05) is 11.2 Å². The van der Waals surface area contributed by atoms with E-state index in [4.69, 9.17) is 10.9 Å². The molecule has 5 nitrogen and oxygen atoms in total. The third-order valence-corrected chi connectivity index (χ3v) is 2.69. The summed E-state index contributed by atoms with van der Waals surface area (Å²) in [4.78, 5) is 11.9. The highest BCUT2D eigenvalue weighted by atomic mass is 19.1. The summed E-state index contributed by atoms with van der Waals surface area (Å²) >= 11 is 0. The van der Waals surface area contributed by atoms with Gasteiger partial charge < -0.3 is 16.3 Å². The van der Waals surface area contributed by atoms with Crippen LogP contribution in [0.25, 0.3) is 0 Å². The number of nitrogens with two attached hydrogens (primary N) is 1. The minimum atomic E-state index is -0.700. The molecule has 0 fully saturated rings. The van der Waals surface area contributed by atoms with Gasteiger partial charge in [-0.05, 0) is 36.4 Å². The summed E-state index contributed by atoms with van der Waals surface area (Å²) in [5.74, 6) is -2.23. The first-order valence-electron chi connectivity index (χ1n) is 5.85. The average Bonchev–Trinajstić information content (AvgIpc) is 2.48. The molecule has 2 aromatic rings. The molecular formula is C14H11F2N3O2. The average molecular weight is 291 g/mol. The summed E-state index contributed by atoms with van der Waals surface area (Å²) in [6.07, 6.45) is 0. The predicted octanol–water partition coefficient (Wildman–Crippen LogP) is 2.31. The van der Waals surface area contributed by atoms with Crippen LogP contribution in [0.4, 0.5) is 14.5 Å². The van der Waals surface area contributed by atoms with E-state index in [0.717, 1.165) is 12.1 Å². The Kier molecular flexibility index (Phi) is 4.13. The van der Waals surface area contributed by atoms with E-state index in [9.17, 15) is 13.6 Å². The molecule has 108 valence electrons. The molecule has 0 saturated heterocycles. The first-order chi connectivity index (χ1) is 10.0. The zero-order valence-corrected chi connectivity index (χ0v) is 10.7. The van der Waals surface area contributed by atoms with Crippen LogP contribution >= 0.6 is 0 Å². The van der Waals surface area contributed by atoms with Crippen molar-refractivity contribution in [3.63, 3.8) is 0 Å². The number of nitrogens with one attached hydrogen (secondary N) is 1. The second kappa shape index (κ2) is 6.00. The van der Waals surface area contributed by atoms with E-state index in [0.29, 0.717) is 0 Å². The predicted molar refractivity (Wildman–Crippen MR) is 73.3 cm³/mol. The van der Waals surface area contributed by atoms with Crippen molar-refractivity contribution in [3.8, 4) is 0 Å². The van der Waals surface area contributed by atoms with Gasteiger partial charge in [-0.15, -0.1) is 0 Å². The van der Waals surface area contributed by atoms with Crippen molar-refractivity contribution in [1.82, 2.24) is 0 Å². The minimum Gasteiger partial charge on any atom is -0.409 e. The third kappa shape index (κ3) is 3.33. The van der Waals surface area contributed by atoms with E-state index in [-0.39, 0.29) is 16.8 Å². The lowest BCUT2D eigenvalue weighted by Gasteiger charge is -2.08. The lowest BCUT2D eigenvalue weighted by molar-refractivity contribution is 0.102. The van der Waals surface area contributed by atoms with Crippen LogP contribution in [0.1, 0.15) is 15.9 Å². The van der Waals surface area contributed by atoms with E-state index in [2.05, 4.69) is 10.5 Å². The van der Waals surface area contributed by atoms with E-state index < -0.39 is 23.4 Å². The van der Waals surface area contributed by atoms with Crippen molar-refractivity contribution in [2.45, 2.75) is 0 Å². The molecule has 0 aliphatic rings. The van der Waals surface area contributed by atoms with Gasteiger partial charge in [0.1, 0.15) is 11.6 Å². The molecule has 1 amide bonds. The molecular weight excluding hydrogens is 280 g/mol. The van der Waals surface area contributed by atoms with Gasteiger partial charge in [-0.3, -0.25) is 4.79 Å². The summed E-state index contributed by atoms with van der Waals surface area (Å²) in [6, 6.07) is 8.70. The smallest absolute Gasteiger partial charge is 0.255 e. The monoisotopic (exact) mass is 291 g/mol. The fourth-order valence-corrected chi connectivity index (χ4v) is 1.69. The van der Waals surface area contributed by atoms with Gasteiger partial charge in [-0.25, -0.2) is 8.78 Å². The van der Waals surface area contributed by atoms with Crippen LogP contribution in [0.2, 0.25) is 0 Å². The number of oxime groups is 1. The molecule has 2 rings (SSSR count). The van der Waals surface area contributed by atoms with Crippen molar-refractivity contribution < 1.29 is 18.8 Å². The summed E-state index contributed by atoms with van der Waals surface area (Å²) in [6.45, 7) is 0. The molecule has 0 aliphatic heterocycles. The molecule has 0 heterocycles. The molecule has 0 aliphatic carbocycles. The standard InChI is InChI=1S/C14H11F2N3O2/c15-9-3-1-2-8(6-9)14(20)18-10-4-5-12(16)11(7-10)13(17)19-21/h1-7,21H,(H2,17,19)(H,18,20). The number of hydrogen-bond acceptors (Lipinski definition) is 3. The molecule has 0 aromatic heterocycles. The van der Waals surface area contributed by atoms with Gasteiger partial charge in [-0.2, -0.15) is 0 Å². The number of benzene rings is 2. The molecule has 0 atom stereocenters. The molecule has 2 aromatic carbocycles. The van der Waals surface area contributed by atoms with Crippen LogP contribution in [-0.4, -0.2) is 17.0 Å². The Hall–Kier alpha value is -2.96. The summed E-state index contributed by atoms with van der Waals surface area (Å²) in [7, 11) is 0. The number of carbonyl (C=O) groups excluding carboxylic acids is 1. The van der Waals surface area contributed by atoms with Crippen molar-refractivity contribution in [2.75, 3.05) is 5.32 Å². The highest BCUT2D eigenvalue weighted by Gasteiger charge is 2.11. The van der Waals surface area contributed by atoms with Crippen molar-refractivity contribution in [1.29, 1.82) is 0 Å². The number of amides is 1. The van der Waals surface area contributed by atoms with Gasteiger partial charge in [0, 0.05) is 11.3 Å². The maximum absolute atomic E-state index is 13.5. The fourth-order valence-electron chi connectivity index (χ4n) is 1.69. The molecule has 21 heavy (non-hydrogen) atoms. The first-order valence-corrected chi connectivity index (χ1v) is 5.85. The highest BCUT2D eigenvalue weighted by molar-refractivity contribution is 6.05. The quantitative estimate of drug-likeness (QED) is 0.351. The lowest BCUT2D eigenvalue weighted by Crippen LogP contribution is -2.17. The number of carbonyl (C=O) groups is 1. The van der Waals surface area contributed by atoms with Crippen LogP contribution in [0.15, 0.2) is 47.6 Å². The Labute approximate surface area is 118 Å². The molecule has 7 heteroatoms. The Morgan fingerprint density at radius 2 is 1.95 bits per heavy atom. The van der Waals surface area contributed by atoms with Gasteiger partial charge >= 0.3 is 0 Å². The summed E-state index contributed by atoms with van der Waals surface area (Å²) < 4.78 is 26.5. The van der Waals surface area contributed by atoms with Crippen molar-refractivity contribution in [2.24, 2.45) is 10.9 Å². The molecule has 0 saturated carbocycles. The summed E-state index contributed by atoms with van der Waals surface area (Å²) in [5, 5.41) is 13.7. The third-order valence-electron chi connectivity index (χ3n) is 2.69. The molecule has 0 bridgehead atoms. The minimum absolute atomic E-state index is 0.115. The van der Waals surface area contributed by atoms with E-state index in [1.807, 2.05) is 0 Å². The van der Waals surface area contributed by atoms with E-state index >= 15 is 0 Å². The molecule has 4 N–H and O–H groups in total. The Morgan fingerprint density at radius 1 is 1.19 bits per heavy atom. The van der Waals surface area contributed by atoms with Gasteiger partial charge in [0.15, 0.2) is 5.84 Å². The van der Waals surface area contributed by atoms with Crippen LogP contribution in [0.5, 0.6) is 0 Å². The number of hydrogen-bond donors (Lipinski definition) is 3. The maximum atomic E-state index is 13.5. The van der Waals surface area contributed by atoms with Crippen LogP contribution in [0, 0.1) is 11.6 Å². The number of anilines is 1. The number of rotatable bonds is 3. The maximum Gasteiger partial charge on any atom is 0.255 e. The summed E-state index contributed by atoms with van der Waals surface area (Å²) in [5.41, 5.74) is 5.51. The van der Waals surface area contributed by atoms with Crippen LogP contribution in [0.3, 0.4) is 0 Å². The fraction of sp³-hybridized carbons (Fsp3) is 0. The molecule has 0 unspecified atom stereocenters. The Morgan fingerprint density at radius 3 is 2.62 bits per heavy atom. The second-order valence-corrected chi connectivity index (χ2v) is 4.14. The first kappa shape index (κ1) is 14.4. The highest BCUT2D eigenvalue weighted by Crippen LogP contribution is 2.16. The molecule has 0 radical (unpaired) electrons. The Balaban J connectivity index is 2.26. The van der Waals surface area contributed by atoms with Crippen LogP contribution in [-0.2, 0) is 0 Å². The normalized spacial score (nSPS) is 11.2. The van der Waals surface area contributed by atoms with E-state index in [1.165, 1.54) is 30.3 Å². The van der Waals surface area contributed by atoms with Gasteiger partial charge in [0.2, 0.25) is 0 Å². The van der Waals surface area contributed by atoms with Gasteiger partial charge in [0.25, 0.3) is 5.91 Å². The largest absolute Gasteiger partial charge is 0.409 e. The second-order valence-electron chi connectivity index (χ2n) is 4.14. The number of amidine groups is 1. The van der Waals surface area contributed by atoms with E-state index in [1.54, 1.807) is 0 Å². The number of halogens is 2. The molecule has 0 spiro atoms. The number of nitrogens with zero attached hydrogens (tertiary/aromatic N) is 1. The van der Waals surface area contributed by atoms with Crippen LogP contribution < -0.4 is 11.1 Å². The van der Waals surface area contributed by atoms with Crippen molar-refractivity contribution in [3.05, 3.63) is 65.2 Å². The Bertz CT molecular complexity index is 717. The SMILES string of the molecule is NC(=NO)c1cc(NC(=O)c2cccc(F)c2)ccc1F. The van der Waals surface area contributed by atoms with Gasteiger partial charge in [0.05, 0.1) is 5.56 Å². The lowest BCUT2D eigenvalue weighted by atomic mass is 10.1. The van der Waals surface area contributed by atoms with Crippen molar-refractivity contribution >= 4 is 17.4 Å².